The summed E-state index contributed by atoms with van der Waals surface area (Å²) in [5.41, 5.74) is 2.43. The summed E-state index contributed by atoms with van der Waals surface area (Å²) in [5, 5.41) is 26.0. The van der Waals surface area contributed by atoms with Crippen molar-refractivity contribution < 1.29 is 19.4 Å². The minimum Gasteiger partial charge on any atom is -0.450 e. The van der Waals surface area contributed by atoms with Crippen LogP contribution in [0.1, 0.15) is 15.9 Å². The molecule has 3 aromatic carbocycles. The smallest absolute Gasteiger partial charge is 0.318 e. The maximum Gasteiger partial charge on any atom is 0.318 e. The second-order valence-corrected chi connectivity index (χ2v) is 6.97. The molecular formula is C20H13BrN4O6. The Bertz CT molecular complexity index is 1200. The van der Waals surface area contributed by atoms with E-state index in [9.17, 15) is 25.0 Å². The van der Waals surface area contributed by atoms with Crippen LogP contribution in [-0.4, -0.2) is 22.0 Å². The van der Waals surface area contributed by atoms with Gasteiger partial charge in [-0.05, 0) is 42.0 Å². The minimum absolute atomic E-state index is 0.146. The van der Waals surface area contributed by atoms with Gasteiger partial charge < -0.3 is 4.74 Å². The van der Waals surface area contributed by atoms with E-state index in [2.05, 4.69) is 26.5 Å². The van der Waals surface area contributed by atoms with Gasteiger partial charge in [0.15, 0.2) is 0 Å². The Balaban J connectivity index is 1.73. The molecule has 0 aromatic heterocycles. The summed E-state index contributed by atoms with van der Waals surface area (Å²) in [4.78, 5) is 32.7. The van der Waals surface area contributed by atoms with Gasteiger partial charge in [-0.25, -0.2) is 5.43 Å². The molecule has 0 atom stereocenters. The van der Waals surface area contributed by atoms with E-state index in [-0.39, 0.29) is 11.5 Å². The van der Waals surface area contributed by atoms with E-state index >= 15 is 0 Å². The van der Waals surface area contributed by atoms with E-state index in [0.29, 0.717) is 11.1 Å². The third-order valence-corrected chi connectivity index (χ3v) is 4.40. The van der Waals surface area contributed by atoms with Crippen molar-refractivity contribution in [1.29, 1.82) is 0 Å². The fourth-order valence-corrected chi connectivity index (χ4v) is 2.89. The molecule has 10 nitrogen and oxygen atoms in total. The van der Waals surface area contributed by atoms with Crippen LogP contribution in [-0.2, 0) is 0 Å². The molecule has 0 saturated carbocycles. The van der Waals surface area contributed by atoms with Crippen LogP contribution in [0.5, 0.6) is 11.5 Å². The number of nitro benzene ring substituents is 2. The monoisotopic (exact) mass is 484 g/mol. The molecule has 0 radical (unpaired) electrons. The van der Waals surface area contributed by atoms with Crippen LogP contribution in [0.2, 0.25) is 0 Å². The van der Waals surface area contributed by atoms with Gasteiger partial charge in [0.1, 0.15) is 5.75 Å². The molecule has 0 spiro atoms. The van der Waals surface area contributed by atoms with Gasteiger partial charge >= 0.3 is 5.69 Å². The van der Waals surface area contributed by atoms with Crippen LogP contribution >= 0.6 is 15.9 Å². The van der Waals surface area contributed by atoms with Crippen LogP contribution in [0.4, 0.5) is 11.4 Å². The number of carbonyl (C=O) groups is 1. The Hall–Kier alpha value is -4.12. The number of amides is 1. The van der Waals surface area contributed by atoms with E-state index in [1.807, 2.05) is 0 Å². The van der Waals surface area contributed by atoms with Gasteiger partial charge in [0.2, 0.25) is 5.75 Å². The fraction of sp³-hybridized carbons (Fsp3) is 0. The number of hydrogen-bond acceptors (Lipinski definition) is 7. The highest BCUT2D eigenvalue weighted by atomic mass is 79.9. The van der Waals surface area contributed by atoms with Gasteiger partial charge in [-0.3, -0.25) is 25.0 Å². The first kappa shape index (κ1) is 21.6. The lowest BCUT2D eigenvalue weighted by Gasteiger charge is -2.07. The molecule has 3 aromatic rings. The first-order valence-corrected chi connectivity index (χ1v) is 9.42. The second-order valence-electron chi connectivity index (χ2n) is 6.05. The molecular weight excluding hydrogens is 472 g/mol. The summed E-state index contributed by atoms with van der Waals surface area (Å²) in [5.74, 6) is -0.293. The van der Waals surface area contributed by atoms with Gasteiger partial charge in [-0.2, -0.15) is 5.10 Å². The summed E-state index contributed by atoms with van der Waals surface area (Å²) in [6.07, 6.45) is 1.38. The SMILES string of the molecule is O=C(NN=Cc1cccc(Oc2ccc([N+](=O)[O-])cc2[N+](=O)[O-])c1)c1cccc(Br)c1. The normalized spacial score (nSPS) is 10.6. The van der Waals surface area contributed by atoms with E-state index < -0.39 is 27.1 Å². The zero-order valence-corrected chi connectivity index (χ0v) is 17.2. The molecule has 0 aliphatic rings. The number of carbonyl (C=O) groups excluding carboxylic acids is 1. The van der Waals surface area contributed by atoms with Gasteiger partial charge in [-0.1, -0.05) is 34.1 Å². The number of non-ortho nitro benzene ring substituents is 1. The molecule has 0 aliphatic heterocycles. The summed E-state index contributed by atoms with van der Waals surface area (Å²) in [6, 6.07) is 16.3. The van der Waals surface area contributed by atoms with Gasteiger partial charge in [0.05, 0.1) is 22.1 Å². The molecule has 31 heavy (non-hydrogen) atoms. The number of benzene rings is 3. The zero-order chi connectivity index (χ0) is 22.4. The predicted molar refractivity (Wildman–Crippen MR) is 115 cm³/mol. The molecule has 1 N–H and O–H groups in total. The van der Waals surface area contributed by atoms with Crippen LogP contribution in [0.15, 0.2) is 76.3 Å². The molecule has 1 amide bonds. The van der Waals surface area contributed by atoms with E-state index in [0.717, 1.165) is 22.7 Å². The Morgan fingerprint density at radius 1 is 1.00 bits per heavy atom. The van der Waals surface area contributed by atoms with Crippen molar-refractivity contribution in [3.63, 3.8) is 0 Å². The highest BCUT2D eigenvalue weighted by molar-refractivity contribution is 9.10. The highest BCUT2D eigenvalue weighted by Crippen LogP contribution is 2.34. The predicted octanol–water partition coefficient (Wildman–Crippen LogP) is 4.82. The maximum atomic E-state index is 12.1. The fourth-order valence-electron chi connectivity index (χ4n) is 2.49. The highest BCUT2D eigenvalue weighted by Gasteiger charge is 2.21. The van der Waals surface area contributed by atoms with Crippen LogP contribution in [0, 0.1) is 20.2 Å². The number of rotatable bonds is 7. The van der Waals surface area contributed by atoms with Crippen molar-refractivity contribution in [3.05, 3.63) is 103 Å². The van der Waals surface area contributed by atoms with E-state index in [1.165, 1.54) is 6.21 Å². The average Bonchev–Trinajstić information content (AvgIpc) is 2.74. The van der Waals surface area contributed by atoms with Gasteiger partial charge in [0, 0.05) is 16.1 Å². The number of nitrogens with zero attached hydrogens (tertiary/aromatic N) is 3. The van der Waals surface area contributed by atoms with Crippen molar-refractivity contribution >= 4 is 39.4 Å². The third kappa shape index (κ3) is 5.70. The largest absolute Gasteiger partial charge is 0.450 e. The quantitative estimate of drug-likeness (QED) is 0.289. The summed E-state index contributed by atoms with van der Waals surface area (Å²) in [7, 11) is 0. The molecule has 0 unspecified atom stereocenters. The molecule has 11 heteroatoms. The van der Waals surface area contributed by atoms with E-state index in [1.54, 1.807) is 48.5 Å². The number of halogens is 1. The lowest BCUT2D eigenvalue weighted by molar-refractivity contribution is -0.394. The molecule has 156 valence electrons. The molecule has 3 rings (SSSR count). The lowest BCUT2D eigenvalue weighted by atomic mass is 10.2. The minimum atomic E-state index is -0.759. The maximum absolute atomic E-state index is 12.1. The molecule has 0 aliphatic carbocycles. The number of ether oxygens (including phenoxy) is 1. The second kappa shape index (κ2) is 9.59. The molecule has 0 heterocycles. The van der Waals surface area contributed by atoms with Gasteiger partial charge in [-0.15, -0.1) is 0 Å². The molecule has 0 fully saturated rings. The summed E-state index contributed by atoms with van der Waals surface area (Å²) in [6.45, 7) is 0. The van der Waals surface area contributed by atoms with Crippen molar-refractivity contribution in [3.8, 4) is 11.5 Å². The Morgan fingerprint density at radius 3 is 2.48 bits per heavy atom. The van der Waals surface area contributed by atoms with Crippen molar-refractivity contribution in [2.45, 2.75) is 0 Å². The Kier molecular flexibility index (Phi) is 6.67. The van der Waals surface area contributed by atoms with Crippen LogP contribution < -0.4 is 10.2 Å². The van der Waals surface area contributed by atoms with Crippen molar-refractivity contribution in [2.24, 2.45) is 5.10 Å². The zero-order valence-electron chi connectivity index (χ0n) is 15.6. The molecule has 0 bridgehead atoms. The molecule has 0 saturated heterocycles. The first-order valence-electron chi connectivity index (χ1n) is 8.63. The lowest BCUT2D eigenvalue weighted by Crippen LogP contribution is -2.17. The standard InChI is InChI=1S/C20H13BrN4O6/c21-15-5-2-4-14(10-15)20(26)23-22-12-13-3-1-6-17(9-13)31-19-8-7-16(24(27)28)11-18(19)25(29)30/h1-12H,(H,23,26). The Morgan fingerprint density at radius 2 is 1.77 bits per heavy atom. The van der Waals surface area contributed by atoms with Crippen molar-refractivity contribution in [1.82, 2.24) is 5.43 Å². The summed E-state index contributed by atoms with van der Waals surface area (Å²) < 4.78 is 6.30. The van der Waals surface area contributed by atoms with Crippen molar-refractivity contribution in [2.75, 3.05) is 0 Å². The first-order chi connectivity index (χ1) is 14.8. The Labute approximate surface area is 183 Å². The van der Waals surface area contributed by atoms with Crippen LogP contribution in [0.3, 0.4) is 0 Å². The number of hydrogen-bond donors (Lipinski definition) is 1. The third-order valence-electron chi connectivity index (χ3n) is 3.90. The number of nitrogens with one attached hydrogen (secondary N) is 1. The summed E-state index contributed by atoms with van der Waals surface area (Å²) >= 11 is 3.29. The number of hydrazone groups is 1. The van der Waals surface area contributed by atoms with E-state index in [4.69, 9.17) is 4.74 Å². The average molecular weight is 485 g/mol. The van der Waals surface area contributed by atoms with Gasteiger partial charge in [0.25, 0.3) is 11.6 Å². The van der Waals surface area contributed by atoms with Crippen LogP contribution in [0.25, 0.3) is 0 Å². The number of nitro groups is 2. The topological polar surface area (TPSA) is 137 Å².